The first-order chi connectivity index (χ1) is 8.81. The lowest BCUT2D eigenvalue weighted by Gasteiger charge is -2.13. The first-order valence-corrected chi connectivity index (χ1v) is 6.69. The van der Waals surface area contributed by atoms with Crippen molar-refractivity contribution < 1.29 is 4.74 Å². The van der Waals surface area contributed by atoms with Gasteiger partial charge in [-0.3, -0.25) is 0 Å². The molecule has 0 aromatic heterocycles. The first kappa shape index (κ1) is 13.2. The van der Waals surface area contributed by atoms with E-state index in [1.165, 1.54) is 12.8 Å². The number of benzene rings is 1. The molecule has 96 valence electrons. The highest BCUT2D eigenvalue weighted by atomic mass is 35.5. The Bertz CT molecular complexity index is 438. The normalized spacial score (nSPS) is 14.2. The molecule has 3 nitrogen and oxygen atoms in total. The van der Waals surface area contributed by atoms with Crippen LogP contribution in [-0.4, -0.2) is 12.6 Å². The van der Waals surface area contributed by atoms with Crippen molar-refractivity contribution in [3.05, 3.63) is 28.8 Å². The third-order valence-corrected chi connectivity index (χ3v) is 3.18. The minimum absolute atomic E-state index is 0.514. The molecule has 1 aliphatic rings. The zero-order valence-electron chi connectivity index (χ0n) is 10.3. The minimum atomic E-state index is 0.514. The Kier molecular flexibility index (Phi) is 4.86. The Balaban J connectivity index is 1.93. The highest BCUT2D eigenvalue weighted by Gasteiger charge is 2.20. The molecule has 1 aliphatic carbocycles. The second kappa shape index (κ2) is 6.63. The van der Waals surface area contributed by atoms with Crippen LogP contribution in [0.3, 0.4) is 0 Å². The lowest BCUT2D eigenvalue weighted by molar-refractivity contribution is 0.309. The maximum absolute atomic E-state index is 8.48. The maximum atomic E-state index is 8.48. The summed E-state index contributed by atoms with van der Waals surface area (Å²) in [5, 5.41) is 12.6. The van der Waals surface area contributed by atoms with Gasteiger partial charge in [-0.15, -0.1) is 0 Å². The Morgan fingerprint density at radius 3 is 3.00 bits per heavy atom. The largest absolute Gasteiger partial charge is 0.492 e. The van der Waals surface area contributed by atoms with E-state index in [4.69, 9.17) is 21.6 Å². The van der Waals surface area contributed by atoms with E-state index in [1.807, 2.05) is 18.2 Å². The van der Waals surface area contributed by atoms with Crippen molar-refractivity contribution in [2.24, 2.45) is 0 Å². The molecule has 2 rings (SSSR count). The molecule has 0 heterocycles. The lowest BCUT2D eigenvalue weighted by Crippen LogP contribution is -2.16. The molecule has 0 radical (unpaired) electrons. The highest BCUT2D eigenvalue weighted by molar-refractivity contribution is 6.32. The van der Waals surface area contributed by atoms with E-state index < -0.39 is 0 Å². The summed E-state index contributed by atoms with van der Waals surface area (Å²) in [4.78, 5) is 0. The molecule has 1 saturated carbocycles. The summed E-state index contributed by atoms with van der Waals surface area (Å²) in [5.41, 5.74) is 1.09. The number of unbranched alkanes of at least 4 members (excludes halogenated alkanes) is 1. The number of halogens is 1. The molecular formula is C14H17ClN2O. The number of para-hydroxylation sites is 1. The Hall–Kier alpha value is -1.24. The van der Waals surface area contributed by atoms with Crippen LogP contribution >= 0.6 is 11.6 Å². The zero-order chi connectivity index (χ0) is 12.8. The van der Waals surface area contributed by atoms with Gasteiger partial charge in [0, 0.05) is 24.6 Å². The summed E-state index contributed by atoms with van der Waals surface area (Å²) in [6.07, 6.45) is 3.77. The van der Waals surface area contributed by atoms with E-state index in [0.717, 1.165) is 24.3 Å². The summed E-state index contributed by atoms with van der Waals surface area (Å²) in [6.45, 7) is 1.33. The standard InChI is InChI=1S/C14H17ClN2O/c15-13-5-3-4-11(10-17-12-6-7-12)14(13)18-9-2-1-8-16/h3-5,12,17H,1-2,6-7,9-10H2. The number of rotatable bonds is 7. The number of nitriles is 1. The predicted octanol–water partition coefficient (Wildman–Crippen LogP) is 3.27. The lowest BCUT2D eigenvalue weighted by atomic mass is 10.2. The summed E-state index contributed by atoms with van der Waals surface area (Å²) in [7, 11) is 0. The quantitative estimate of drug-likeness (QED) is 0.769. The van der Waals surface area contributed by atoms with Crippen molar-refractivity contribution in [1.29, 1.82) is 5.26 Å². The molecule has 0 unspecified atom stereocenters. The topological polar surface area (TPSA) is 45.0 Å². The first-order valence-electron chi connectivity index (χ1n) is 6.32. The fraction of sp³-hybridized carbons (Fsp3) is 0.500. The summed E-state index contributed by atoms with van der Waals surface area (Å²) >= 11 is 6.16. The van der Waals surface area contributed by atoms with Gasteiger partial charge in [0.2, 0.25) is 0 Å². The van der Waals surface area contributed by atoms with Gasteiger partial charge in [0.25, 0.3) is 0 Å². The van der Waals surface area contributed by atoms with Gasteiger partial charge in [-0.25, -0.2) is 0 Å². The SMILES string of the molecule is N#CCCCOc1c(Cl)cccc1CNC1CC1. The summed E-state index contributed by atoms with van der Waals surface area (Å²) in [6, 6.07) is 8.57. The molecule has 4 heteroatoms. The number of nitrogens with zero attached hydrogens (tertiary/aromatic N) is 1. The molecule has 1 fully saturated rings. The Morgan fingerprint density at radius 1 is 1.44 bits per heavy atom. The van der Waals surface area contributed by atoms with E-state index in [1.54, 1.807) is 0 Å². The van der Waals surface area contributed by atoms with Crippen LogP contribution in [0.15, 0.2) is 18.2 Å². The van der Waals surface area contributed by atoms with E-state index >= 15 is 0 Å². The van der Waals surface area contributed by atoms with Crippen molar-refractivity contribution in [2.45, 2.75) is 38.3 Å². The Morgan fingerprint density at radius 2 is 2.28 bits per heavy atom. The Labute approximate surface area is 113 Å². The van der Waals surface area contributed by atoms with Gasteiger partial charge < -0.3 is 10.1 Å². The van der Waals surface area contributed by atoms with Crippen molar-refractivity contribution in [3.8, 4) is 11.8 Å². The predicted molar refractivity (Wildman–Crippen MR) is 71.7 cm³/mol. The van der Waals surface area contributed by atoms with Crippen LogP contribution in [0, 0.1) is 11.3 Å². The molecule has 0 bridgehead atoms. The van der Waals surface area contributed by atoms with Gasteiger partial charge >= 0.3 is 0 Å². The van der Waals surface area contributed by atoms with Crippen molar-refractivity contribution in [3.63, 3.8) is 0 Å². The summed E-state index contributed by atoms with van der Waals surface area (Å²) in [5.74, 6) is 0.755. The van der Waals surface area contributed by atoms with Gasteiger partial charge in [-0.2, -0.15) is 5.26 Å². The third kappa shape index (κ3) is 3.90. The summed E-state index contributed by atoms with van der Waals surface area (Å²) < 4.78 is 5.70. The van der Waals surface area contributed by atoms with Gasteiger partial charge in [0.1, 0.15) is 5.75 Å². The fourth-order valence-corrected chi connectivity index (χ4v) is 1.97. The average Bonchev–Trinajstić information content (AvgIpc) is 3.18. The number of hydrogen-bond acceptors (Lipinski definition) is 3. The van der Waals surface area contributed by atoms with Crippen molar-refractivity contribution in [2.75, 3.05) is 6.61 Å². The van der Waals surface area contributed by atoms with E-state index in [9.17, 15) is 0 Å². The van der Waals surface area contributed by atoms with Crippen LogP contribution in [-0.2, 0) is 6.54 Å². The number of nitrogens with one attached hydrogen (secondary N) is 1. The number of ether oxygens (including phenoxy) is 1. The third-order valence-electron chi connectivity index (χ3n) is 2.89. The van der Waals surface area contributed by atoms with Gasteiger partial charge in [-0.1, -0.05) is 23.7 Å². The van der Waals surface area contributed by atoms with Crippen LogP contribution in [0.25, 0.3) is 0 Å². The molecule has 1 N–H and O–H groups in total. The molecule has 18 heavy (non-hydrogen) atoms. The van der Waals surface area contributed by atoms with Crippen LogP contribution in [0.5, 0.6) is 5.75 Å². The molecule has 0 aliphatic heterocycles. The minimum Gasteiger partial charge on any atom is -0.492 e. The average molecular weight is 265 g/mol. The van der Waals surface area contributed by atoms with E-state index in [-0.39, 0.29) is 0 Å². The number of hydrogen-bond donors (Lipinski definition) is 1. The molecule has 0 saturated heterocycles. The van der Waals surface area contributed by atoms with Gasteiger partial charge in [0.15, 0.2) is 0 Å². The highest BCUT2D eigenvalue weighted by Crippen LogP contribution is 2.29. The van der Waals surface area contributed by atoms with Gasteiger partial charge in [0.05, 0.1) is 17.7 Å². The van der Waals surface area contributed by atoms with E-state index in [0.29, 0.717) is 24.1 Å². The maximum Gasteiger partial charge on any atom is 0.142 e. The van der Waals surface area contributed by atoms with Crippen LogP contribution in [0.1, 0.15) is 31.2 Å². The zero-order valence-corrected chi connectivity index (χ0v) is 11.0. The monoisotopic (exact) mass is 264 g/mol. The smallest absolute Gasteiger partial charge is 0.142 e. The van der Waals surface area contributed by atoms with E-state index in [2.05, 4.69) is 11.4 Å². The molecule has 0 amide bonds. The van der Waals surface area contributed by atoms with Crippen LogP contribution in [0.4, 0.5) is 0 Å². The second-order valence-corrected chi connectivity index (χ2v) is 4.90. The molecule has 0 spiro atoms. The van der Waals surface area contributed by atoms with Gasteiger partial charge in [-0.05, 0) is 25.3 Å². The molecule has 1 aromatic carbocycles. The fourth-order valence-electron chi connectivity index (χ4n) is 1.72. The van der Waals surface area contributed by atoms with Crippen molar-refractivity contribution >= 4 is 11.6 Å². The molecular weight excluding hydrogens is 248 g/mol. The van der Waals surface area contributed by atoms with Crippen LogP contribution < -0.4 is 10.1 Å². The van der Waals surface area contributed by atoms with Crippen molar-refractivity contribution in [1.82, 2.24) is 5.32 Å². The molecule has 0 atom stereocenters. The van der Waals surface area contributed by atoms with Crippen LogP contribution in [0.2, 0.25) is 5.02 Å². The second-order valence-electron chi connectivity index (χ2n) is 4.49. The molecule has 1 aromatic rings.